The fourth-order valence-corrected chi connectivity index (χ4v) is 8.78. The van der Waals surface area contributed by atoms with E-state index in [4.69, 9.17) is 0 Å². The Kier molecular flexibility index (Phi) is 23.6. The number of carbonyl (C=O) groups excluding carboxylic acids is 7. The fraction of sp³-hybridized carbons (Fsp3) is 0.667. The third kappa shape index (κ3) is 16.6. The molecule has 0 aliphatic carbocycles. The van der Waals surface area contributed by atoms with E-state index < -0.39 is 77.6 Å². The molecule has 7 amide bonds. The van der Waals surface area contributed by atoms with Crippen molar-refractivity contribution < 1.29 is 33.6 Å². The smallest absolute Gasteiger partial charge is 0.247 e. The lowest BCUT2D eigenvalue weighted by Crippen LogP contribution is -2.63. The average molecular weight is 888 g/mol. The first-order chi connectivity index (χ1) is 28.9. The third-order valence-corrected chi connectivity index (χ3v) is 14.6. The molecule has 1 aromatic carbocycles. The van der Waals surface area contributed by atoms with Crippen LogP contribution in [0, 0.1) is 35.5 Å². The summed E-state index contributed by atoms with van der Waals surface area (Å²) in [7, 11) is 2.47. The van der Waals surface area contributed by atoms with Gasteiger partial charge in [0.05, 0.1) is 0 Å². The first kappa shape index (κ1) is 53.1. The Morgan fingerprint density at radius 1 is 0.607 bits per heavy atom. The van der Waals surface area contributed by atoms with E-state index in [1.165, 1.54) is 27.8 Å². The van der Waals surface area contributed by atoms with Crippen LogP contribution in [-0.4, -0.2) is 89.1 Å². The van der Waals surface area contributed by atoms with E-state index in [2.05, 4.69) is 37.2 Å². The minimum atomic E-state index is -1.08. The summed E-state index contributed by atoms with van der Waals surface area (Å²) in [5.74, 6) is -5.31. The van der Waals surface area contributed by atoms with Crippen LogP contribution in [0.4, 0.5) is 0 Å². The van der Waals surface area contributed by atoms with E-state index >= 15 is 0 Å². The van der Waals surface area contributed by atoms with Gasteiger partial charge in [0.1, 0.15) is 36.3 Å². The van der Waals surface area contributed by atoms with Crippen molar-refractivity contribution in [2.24, 2.45) is 35.5 Å². The molecule has 0 saturated carbocycles. The summed E-state index contributed by atoms with van der Waals surface area (Å²) in [6.45, 7) is 20.6. The highest BCUT2D eigenvalue weighted by molar-refractivity contribution is 8.76. The standard InChI is InChI=1S/C45H73N7O7S2/c1-12-26(6)31(11)39(53)47-34-25-61-60-24-33(40(54)46-23-22-32-20-18-17-19-21-32)48-42(56)35(27(7)13-2)50-44(58)37(29(9)15-4)52-45(59)38(30(10)16-5)51-43(57)36(28(8)14-3)49-41(34)55/h17-23,26-31,33-38H,12-16,24-25H2,1-11H3,(H,46,54)(H,47,53)(H,48,56)(H,49,55)(H,50,58)(H,51,57)(H,52,59)/b23-22-/t26-,27-,28-,29-,30-,31-,33-,34-,35-,36-,37-,38-/m0/s1. The molecule has 1 fully saturated rings. The second kappa shape index (κ2) is 27.1. The van der Waals surface area contributed by atoms with Crippen molar-refractivity contribution >= 4 is 69.0 Å². The lowest BCUT2D eigenvalue weighted by Gasteiger charge is -2.33. The molecule has 16 heteroatoms. The Morgan fingerprint density at radius 3 is 1.44 bits per heavy atom. The third-order valence-electron chi connectivity index (χ3n) is 12.2. The van der Waals surface area contributed by atoms with Crippen molar-refractivity contribution in [1.29, 1.82) is 0 Å². The minimum Gasteiger partial charge on any atom is -0.343 e. The molecule has 0 radical (unpaired) electrons. The molecule has 7 N–H and O–H groups in total. The quantitative estimate of drug-likeness (QED) is 0.119. The predicted molar refractivity (Wildman–Crippen MR) is 247 cm³/mol. The summed E-state index contributed by atoms with van der Waals surface area (Å²) in [6, 6.07) is 3.00. The van der Waals surface area contributed by atoms with Crippen LogP contribution in [0.3, 0.4) is 0 Å². The highest BCUT2D eigenvalue weighted by Gasteiger charge is 2.38. The van der Waals surface area contributed by atoms with Crippen LogP contribution in [-0.2, 0) is 33.6 Å². The predicted octanol–water partition coefficient (Wildman–Crippen LogP) is 4.94. The Morgan fingerprint density at radius 2 is 1.02 bits per heavy atom. The summed E-state index contributed by atoms with van der Waals surface area (Å²) < 4.78 is 0. The summed E-state index contributed by atoms with van der Waals surface area (Å²) in [5.41, 5.74) is 0.855. The molecule has 14 nitrogen and oxygen atoms in total. The molecular weight excluding hydrogens is 815 g/mol. The van der Waals surface area contributed by atoms with E-state index in [9.17, 15) is 33.6 Å². The zero-order chi connectivity index (χ0) is 45.8. The van der Waals surface area contributed by atoms with Crippen LogP contribution in [0.2, 0.25) is 0 Å². The molecule has 1 heterocycles. The van der Waals surface area contributed by atoms with Crippen LogP contribution in [0.1, 0.15) is 114 Å². The monoisotopic (exact) mass is 888 g/mol. The lowest BCUT2D eigenvalue weighted by atomic mass is 9.92. The number of amides is 7. The molecule has 61 heavy (non-hydrogen) atoms. The number of hydrogen-bond acceptors (Lipinski definition) is 9. The molecule has 0 unspecified atom stereocenters. The molecule has 1 saturated heterocycles. The lowest BCUT2D eigenvalue weighted by molar-refractivity contribution is -0.137. The molecule has 12 atom stereocenters. The molecule has 0 aromatic heterocycles. The molecule has 0 spiro atoms. The van der Waals surface area contributed by atoms with Gasteiger partial charge in [-0.1, -0.05) is 160 Å². The SMILES string of the molecule is CC[C@H](C)[C@H](C)C(=O)N[C@H]1CSSC[C@@H](C(=O)N/C=C\c2ccccc2)NC(=O)[C@H]([C@@H](C)CC)NC(=O)[C@H]([C@@H](C)CC)NC(=O)[C@H]([C@@H](C)CC)NC(=O)[C@H]([C@@H](C)CC)NC1=O. The number of nitrogens with one attached hydrogen (secondary N) is 7. The topological polar surface area (TPSA) is 204 Å². The van der Waals surface area contributed by atoms with E-state index in [0.29, 0.717) is 25.7 Å². The van der Waals surface area contributed by atoms with Crippen LogP contribution < -0.4 is 37.2 Å². The number of benzene rings is 1. The molecule has 2 rings (SSSR count). The van der Waals surface area contributed by atoms with Gasteiger partial charge in [-0.3, -0.25) is 33.6 Å². The van der Waals surface area contributed by atoms with Crippen LogP contribution in [0.25, 0.3) is 6.08 Å². The average Bonchev–Trinajstić information content (AvgIpc) is 3.26. The molecule has 1 aliphatic rings. The molecule has 1 aromatic rings. The van der Waals surface area contributed by atoms with Gasteiger partial charge in [0.2, 0.25) is 41.4 Å². The number of carbonyl (C=O) groups is 7. The van der Waals surface area contributed by atoms with Crippen molar-refractivity contribution in [2.75, 3.05) is 11.5 Å². The van der Waals surface area contributed by atoms with E-state index in [0.717, 1.165) is 12.0 Å². The van der Waals surface area contributed by atoms with E-state index in [1.807, 2.05) is 106 Å². The molecular formula is C45H73N7O7S2. The maximum atomic E-state index is 14.2. The van der Waals surface area contributed by atoms with E-state index in [1.54, 1.807) is 6.08 Å². The zero-order valence-corrected chi connectivity index (χ0v) is 39.7. The van der Waals surface area contributed by atoms with Gasteiger partial charge >= 0.3 is 0 Å². The number of hydrogen-bond donors (Lipinski definition) is 7. The maximum Gasteiger partial charge on any atom is 0.247 e. The van der Waals surface area contributed by atoms with Crippen molar-refractivity contribution in [2.45, 2.75) is 145 Å². The highest BCUT2D eigenvalue weighted by atomic mass is 33.1. The van der Waals surface area contributed by atoms with E-state index in [-0.39, 0.29) is 47.0 Å². The summed E-state index contributed by atoms with van der Waals surface area (Å²) in [5, 5.41) is 20.1. The minimum absolute atomic E-state index is 0.0441. The fourth-order valence-electron chi connectivity index (χ4n) is 6.45. The van der Waals surface area contributed by atoms with Crippen molar-refractivity contribution in [3.05, 3.63) is 42.1 Å². The van der Waals surface area contributed by atoms with Crippen molar-refractivity contribution in [3.63, 3.8) is 0 Å². The Bertz CT molecular complexity index is 1630. The van der Waals surface area contributed by atoms with Gasteiger partial charge in [-0.25, -0.2) is 0 Å². The molecule has 342 valence electrons. The van der Waals surface area contributed by atoms with Gasteiger partial charge in [-0.2, -0.15) is 0 Å². The first-order valence-electron chi connectivity index (χ1n) is 22.0. The van der Waals surface area contributed by atoms with Gasteiger partial charge in [-0.05, 0) is 41.2 Å². The van der Waals surface area contributed by atoms with Crippen molar-refractivity contribution in [3.8, 4) is 0 Å². The Labute approximate surface area is 372 Å². The van der Waals surface area contributed by atoms with Gasteiger partial charge in [0, 0.05) is 23.6 Å². The Hall–Kier alpha value is -4.05. The van der Waals surface area contributed by atoms with Crippen molar-refractivity contribution in [1.82, 2.24) is 37.2 Å². The number of rotatable bonds is 15. The normalized spacial score (nSPS) is 25.9. The summed E-state index contributed by atoms with van der Waals surface area (Å²) >= 11 is 0. The molecule has 0 bridgehead atoms. The maximum absolute atomic E-state index is 14.2. The summed E-state index contributed by atoms with van der Waals surface area (Å²) in [6.07, 6.45) is 6.05. The van der Waals surface area contributed by atoms with Crippen LogP contribution in [0.15, 0.2) is 36.5 Å². The zero-order valence-electron chi connectivity index (χ0n) is 38.1. The second-order valence-corrected chi connectivity index (χ2v) is 19.2. The van der Waals surface area contributed by atoms with Crippen LogP contribution in [0.5, 0.6) is 0 Å². The van der Waals surface area contributed by atoms with Gasteiger partial charge in [0.25, 0.3) is 0 Å². The van der Waals surface area contributed by atoms with Gasteiger partial charge in [-0.15, -0.1) is 0 Å². The largest absolute Gasteiger partial charge is 0.343 e. The van der Waals surface area contributed by atoms with Gasteiger partial charge < -0.3 is 37.2 Å². The summed E-state index contributed by atoms with van der Waals surface area (Å²) in [4.78, 5) is 98.2. The molecule has 1 aliphatic heterocycles. The first-order valence-corrected chi connectivity index (χ1v) is 24.5. The van der Waals surface area contributed by atoms with Gasteiger partial charge in [0.15, 0.2) is 0 Å². The highest BCUT2D eigenvalue weighted by Crippen LogP contribution is 2.25. The van der Waals surface area contributed by atoms with Crippen LogP contribution >= 0.6 is 21.6 Å². The second-order valence-electron chi connectivity index (χ2n) is 16.6. The Balaban J connectivity index is 2.69.